The van der Waals surface area contributed by atoms with Crippen LogP contribution >= 0.6 is 0 Å². The SMILES string of the molecule is NC(=O)c1ccccc1OCC(=O)NN=Cc1cc([N+](=O)[O-])ccc1O. The number of nitro benzene ring substituents is 1. The van der Waals surface area contributed by atoms with Gasteiger partial charge in [0.2, 0.25) is 0 Å². The Morgan fingerprint density at radius 3 is 2.73 bits per heavy atom. The van der Waals surface area contributed by atoms with Crippen LogP contribution in [0.2, 0.25) is 0 Å². The summed E-state index contributed by atoms with van der Waals surface area (Å²) in [5, 5.41) is 23.9. The van der Waals surface area contributed by atoms with Crippen LogP contribution in [0.25, 0.3) is 0 Å². The molecule has 0 saturated carbocycles. The van der Waals surface area contributed by atoms with Crippen molar-refractivity contribution in [1.82, 2.24) is 5.43 Å². The van der Waals surface area contributed by atoms with Crippen LogP contribution in [-0.2, 0) is 4.79 Å². The fourth-order valence-corrected chi connectivity index (χ4v) is 1.90. The fourth-order valence-electron chi connectivity index (χ4n) is 1.90. The Hall–Kier alpha value is -3.95. The zero-order valence-corrected chi connectivity index (χ0v) is 13.3. The van der Waals surface area contributed by atoms with Gasteiger partial charge >= 0.3 is 0 Å². The zero-order chi connectivity index (χ0) is 19.1. The van der Waals surface area contributed by atoms with Crippen LogP contribution in [0.3, 0.4) is 0 Å². The number of carbonyl (C=O) groups excluding carboxylic acids is 2. The Morgan fingerprint density at radius 1 is 1.31 bits per heavy atom. The number of amides is 2. The van der Waals surface area contributed by atoms with Crippen LogP contribution in [0.4, 0.5) is 5.69 Å². The Morgan fingerprint density at radius 2 is 2.04 bits per heavy atom. The number of nitrogens with two attached hydrogens (primary N) is 1. The number of nitrogens with one attached hydrogen (secondary N) is 1. The number of primary amides is 1. The summed E-state index contributed by atoms with van der Waals surface area (Å²) in [5.74, 6) is -1.43. The zero-order valence-electron chi connectivity index (χ0n) is 13.3. The Bertz CT molecular complexity index is 881. The van der Waals surface area contributed by atoms with Crippen molar-refractivity contribution in [2.75, 3.05) is 6.61 Å². The second-order valence-corrected chi connectivity index (χ2v) is 4.94. The molecule has 0 aliphatic carbocycles. The lowest BCUT2D eigenvalue weighted by Crippen LogP contribution is -2.25. The molecule has 0 spiro atoms. The number of nitrogens with zero attached hydrogens (tertiary/aromatic N) is 2. The molecule has 0 radical (unpaired) electrons. The third-order valence-electron chi connectivity index (χ3n) is 3.13. The summed E-state index contributed by atoms with van der Waals surface area (Å²) >= 11 is 0. The largest absolute Gasteiger partial charge is 0.507 e. The van der Waals surface area contributed by atoms with Gasteiger partial charge in [-0.05, 0) is 18.2 Å². The van der Waals surface area contributed by atoms with Crippen molar-refractivity contribution in [3.05, 3.63) is 63.7 Å². The highest BCUT2D eigenvalue weighted by Gasteiger charge is 2.11. The van der Waals surface area contributed by atoms with Gasteiger partial charge in [-0.3, -0.25) is 19.7 Å². The molecule has 2 aromatic rings. The number of carbonyl (C=O) groups is 2. The van der Waals surface area contributed by atoms with Crippen molar-refractivity contribution in [2.24, 2.45) is 10.8 Å². The van der Waals surface area contributed by atoms with Crippen molar-refractivity contribution >= 4 is 23.7 Å². The van der Waals surface area contributed by atoms with Crippen LogP contribution in [0.5, 0.6) is 11.5 Å². The van der Waals surface area contributed by atoms with E-state index >= 15 is 0 Å². The van der Waals surface area contributed by atoms with Crippen molar-refractivity contribution in [3.8, 4) is 11.5 Å². The highest BCUT2D eigenvalue weighted by Crippen LogP contribution is 2.21. The second-order valence-electron chi connectivity index (χ2n) is 4.94. The molecule has 0 heterocycles. The van der Waals surface area contributed by atoms with Crippen LogP contribution < -0.4 is 15.9 Å². The van der Waals surface area contributed by atoms with Gasteiger partial charge in [-0.2, -0.15) is 5.10 Å². The summed E-state index contributed by atoms with van der Waals surface area (Å²) < 4.78 is 5.21. The average molecular weight is 358 g/mol. The lowest BCUT2D eigenvalue weighted by molar-refractivity contribution is -0.384. The van der Waals surface area contributed by atoms with E-state index in [2.05, 4.69) is 10.5 Å². The summed E-state index contributed by atoms with van der Waals surface area (Å²) in [6, 6.07) is 9.54. The normalized spacial score (nSPS) is 10.5. The standard InChI is InChI=1S/C16H14N4O6/c17-16(23)12-3-1-2-4-14(12)26-9-15(22)19-18-8-10-7-11(20(24)25)5-6-13(10)21/h1-8,21H,9H2,(H2,17,23)(H,19,22). The lowest BCUT2D eigenvalue weighted by atomic mass is 10.2. The smallest absolute Gasteiger partial charge is 0.277 e. The molecule has 4 N–H and O–H groups in total. The predicted octanol–water partition coefficient (Wildman–Crippen LogP) is 0.928. The third-order valence-corrected chi connectivity index (χ3v) is 3.13. The first-order chi connectivity index (χ1) is 12.4. The van der Waals surface area contributed by atoms with Crippen molar-refractivity contribution in [1.29, 1.82) is 0 Å². The number of para-hydroxylation sites is 1. The van der Waals surface area contributed by atoms with Gasteiger partial charge in [-0.1, -0.05) is 12.1 Å². The molecule has 10 heteroatoms. The number of hydrazone groups is 1. The molecule has 0 unspecified atom stereocenters. The molecule has 2 amide bonds. The summed E-state index contributed by atoms with van der Waals surface area (Å²) in [6.45, 7) is -0.442. The number of benzene rings is 2. The molecule has 0 aliphatic rings. The van der Waals surface area contributed by atoms with Crippen LogP contribution in [-0.4, -0.2) is 34.7 Å². The quantitative estimate of drug-likeness (QED) is 0.379. The number of phenolic OH excluding ortho intramolecular Hbond substituents is 1. The Kier molecular flexibility index (Phi) is 5.83. The van der Waals surface area contributed by atoms with Gasteiger partial charge in [0.1, 0.15) is 11.5 Å². The van der Waals surface area contributed by atoms with E-state index in [1.54, 1.807) is 12.1 Å². The third kappa shape index (κ3) is 4.77. The first kappa shape index (κ1) is 18.4. The van der Waals surface area contributed by atoms with E-state index in [0.717, 1.165) is 24.4 Å². The van der Waals surface area contributed by atoms with E-state index in [1.165, 1.54) is 12.1 Å². The Balaban J connectivity index is 1.95. The molecule has 10 nitrogen and oxygen atoms in total. The second kappa shape index (κ2) is 8.24. The number of nitro groups is 1. The monoisotopic (exact) mass is 358 g/mol. The van der Waals surface area contributed by atoms with E-state index in [9.17, 15) is 24.8 Å². The highest BCUT2D eigenvalue weighted by atomic mass is 16.6. The number of ether oxygens (including phenoxy) is 1. The number of rotatable bonds is 7. The van der Waals surface area contributed by atoms with Crippen LogP contribution in [0.15, 0.2) is 47.6 Å². The van der Waals surface area contributed by atoms with E-state index in [1.807, 2.05) is 0 Å². The fraction of sp³-hybridized carbons (Fsp3) is 0.0625. The minimum Gasteiger partial charge on any atom is -0.507 e. The molecule has 134 valence electrons. The van der Waals surface area contributed by atoms with Gasteiger partial charge < -0.3 is 15.6 Å². The maximum Gasteiger partial charge on any atom is 0.277 e. The van der Waals surface area contributed by atoms with Crippen LogP contribution in [0, 0.1) is 10.1 Å². The number of aromatic hydroxyl groups is 1. The molecular formula is C16H14N4O6. The van der Waals surface area contributed by atoms with Crippen molar-refractivity contribution < 1.29 is 24.4 Å². The van der Waals surface area contributed by atoms with Gasteiger partial charge in [-0.15, -0.1) is 0 Å². The first-order valence-electron chi connectivity index (χ1n) is 7.19. The summed E-state index contributed by atoms with van der Waals surface area (Å²) in [6.07, 6.45) is 1.05. The maximum absolute atomic E-state index is 11.7. The number of non-ortho nitro benzene ring substituents is 1. The topological polar surface area (TPSA) is 157 Å². The average Bonchev–Trinajstić information content (AvgIpc) is 2.61. The summed E-state index contributed by atoms with van der Waals surface area (Å²) in [5.41, 5.74) is 7.28. The number of hydrogen-bond donors (Lipinski definition) is 3. The first-order valence-corrected chi connectivity index (χ1v) is 7.19. The van der Waals surface area contributed by atoms with Gasteiger partial charge in [-0.25, -0.2) is 5.43 Å². The molecule has 0 atom stereocenters. The molecular weight excluding hydrogens is 344 g/mol. The maximum atomic E-state index is 11.7. The summed E-state index contributed by atoms with van der Waals surface area (Å²) in [4.78, 5) is 33.0. The molecule has 26 heavy (non-hydrogen) atoms. The van der Waals surface area contributed by atoms with E-state index in [0.29, 0.717) is 0 Å². The molecule has 2 aromatic carbocycles. The van der Waals surface area contributed by atoms with Gasteiger partial charge in [0, 0.05) is 17.7 Å². The van der Waals surface area contributed by atoms with Gasteiger partial charge in [0.05, 0.1) is 16.7 Å². The molecule has 0 bridgehead atoms. The van der Waals surface area contributed by atoms with E-state index < -0.39 is 23.3 Å². The Labute approximate surface area is 147 Å². The molecule has 0 fully saturated rings. The van der Waals surface area contributed by atoms with Gasteiger partial charge in [0.15, 0.2) is 6.61 Å². The molecule has 2 rings (SSSR count). The van der Waals surface area contributed by atoms with Crippen molar-refractivity contribution in [2.45, 2.75) is 0 Å². The number of phenols is 1. The van der Waals surface area contributed by atoms with E-state index in [-0.39, 0.29) is 28.3 Å². The minimum atomic E-state index is -0.694. The molecule has 0 saturated heterocycles. The minimum absolute atomic E-state index is 0.0551. The highest BCUT2D eigenvalue weighted by molar-refractivity contribution is 5.95. The molecule has 0 aromatic heterocycles. The van der Waals surface area contributed by atoms with E-state index in [4.69, 9.17) is 10.5 Å². The summed E-state index contributed by atoms with van der Waals surface area (Å²) in [7, 11) is 0. The van der Waals surface area contributed by atoms with Gasteiger partial charge in [0.25, 0.3) is 17.5 Å². The molecule has 0 aliphatic heterocycles. The number of hydrogen-bond acceptors (Lipinski definition) is 7. The van der Waals surface area contributed by atoms with Crippen molar-refractivity contribution in [3.63, 3.8) is 0 Å². The predicted molar refractivity (Wildman–Crippen MR) is 91.0 cm³/mol. The lowest BCUT2D eigenvalue weighted by Gasteiger charge is -2.08. The van der Waals surface area contributed by atoms with Crippen LogP contribution in [0.1, 0.15) is 15.9 Å².